The zero-order valence-electron chi connectivity index (χ0n) is 16.4. The van der Waals surface area contributed by atoms with Gasteiger partial charge in [-0.25, -0.2) is 4.68 Å². The molecule has 0 fully saturated rings. The van der Waals surface area contributed by atoms with Gasteiger partial charge in [0.05, 0.1) is 11.4 Å². The molecule has 0 atom stereocenters. The molecule has 0 saturated carbocycles. The number of halogens is 1. The molecule has 1 amide bonds. The highest BCUT2D eigenvalue weighted by Gasteiger charge is 2.11. The van der Waals surface area contributed by atoms with E-state index >= 15 is 0 Å². The SMILES string of the molecule is Cc1ccc(-c2nn(-c3ccccc3)cc2C=CC(=O)Nc2ccc(I)cc2)cc1. The number of nitrogens with one attached hydrogen (secondary N) is 1. The summed E-state index contributed by atoms with van der Waals surface area (Å²) in [5, 5.41) is 7.67. The van der Waals surface area contributed by atoms with Gasteiger partial charge in [0.1, 0.15) is 0 Å². The van der Waals surface area contributed by atoms with Crippen LogP contribution >= 0.6 is 22.6 Å². The van der Waals surface area contributed by atoms with E-state index in [0.717, 1.165) is 31.8 Å². The van der Waals surface area contributed by atoms with Crippen LogP contribution in [0.2, 0.25) is 0 Å². The van der Waals surface area contributed by atoms with Crippen LogP contribution in [0.15, 0.2) is 91.1 Å². The van der Waals surface area contributed by atoms with Crippen LogP contribution in [0.25, 0.3) is 23.0 Å². The maximum absolute atomic E-state index is 12.4. The molecule has 0 spiro atoms. The molecule has 0 aliphatic rings. The summed E-state index contributed by atoms with van der Waals surface area (Å²) < 4.78 is 2.96. The topological polar surface area (TPSA) is 46.9 Å². The Morgan fingerprint density at radius 1 is 0.967 bits per heavy atom. The van der Waals surface area contributed by atoms with E-state index in [4.69, 9.17) is 5.10 Å². The quantitative estimate of drug-likeness (QED) is 0.263. The number of hydrogen-bond donors (Lipinski definition) is 1. The number of anilines is 1. The summed E-state index contributed by atoms with van der Waals surface area (Å²) in [6, 6.07) is 25.9. The normalized spacial score (nSPS) is 11.0. The highest BCUT2D eigenvalue weighted by molar-refractivity contribution is 14.1. The highest BCUT2D eigenvalue weighted by Crippen LogP contribution is 2.25. The van der Waals surface area contributed by atoms with Gasteiger partial charge in [0.25, 0.3) is 0 Å². The fourth-order valence-electron chi connectivity index (χ4n) is 3.04. The first kappa shape index (κ1) is 20.1. The fraction of sp³-hybridized carbons (Fsp3) is 0.0400. The van der Waals surface area contributed by atoms with Gasteiger partial charge in [-0.05, 0) is 72.0 Å². The molecular formula is C25H20IN3O. The molecule has 0 saturated heterocycles. The molecule has 0 aliphatic carbocycles. The van der Waals surface area contributed by atoms with Crippen molar-refractivity contribution in [1.82, 2.24) is 9.78 Å². The lowest BCUT2D eigenvalue weighted by atomic mass is 10.1. The van der Waals surface area contributed by atoms with Crippen molar-refractivity contribution in [2.24, 2.45) is 0 Å². The van der Waals surface area contributed by atoms with Gasteiger partial charge < -0.3 is 5.32 Å². The van der Waals surface area contributed by atoms with Crippen molar-refractivity contribution >= 4 is 40.3 Å². The van der Waals surface area contributed by atoms with Gasteiger partial charge in [0.15, 0.2) is 0 Å². The molecular weight excluding hydrogens is 485 g/mol. The number of para-hydroxylation sites is 1. The lowest BCUT2D eigenvalue weighted by molar-refractivity contribution is -0.111. The number of amides is 1. The number of carbonyl (C=O) groups excluding carboxylic acids is 1. The summed E-state index contributed by atoms with van der Waals surface area (Å²) in [5.41, 5.74) is 5.64. The van der Waals surface area contributed by atoms with E-state index in [2.05, 4.69) is 59.1 Å². The second kappa shape index (κ2) is 9.09. The monoisotopic (exact) mass is 505 g/mol. The molecule has 0 unspecified atom stereocenters. The summed E-state index contributed by atoms with van der Waals surface area (Å²) in [6.45, 7) is 2.06. The van der Waals surface area contributed by atoms with Crippen LogP contribution < -0.4 is 5.32 Å². The van der Waals surface area contributed by atoms with Crippen LogP contribution in [0.5, 0.6) is 0 Å². The van der Waals surface area contributed by atoms with Crippen molar-refractivity contribution in [2.45, 2.75) is 6.92 Å². The Morgan fingerprint density at radius 2 is 1.67 bits per heavy atom. The first-order valence-corrected chi connectivity index (χ1v) is 10.6. The van der Waals surface area contributed by atoms with Crippen molar-refractivity contribution in [1.29, 1.82) is 0 Å². The predicted octanol–water partition coefficient (Wildman–Crippen LogP) is 6.10. The van der Waals surface area contributed by atoms with Crippen LogP contribution in [0.3, 0.4) is 0 Å². The van der Waals surface area contributed by atoms with E-state index in [-0.39, 0.29) is 5.91 Å². The van der Waals surface area contributed by atoms with Crippen LogP contribution in [-0.2, 0) is 4.79 Å². The number of aryl methyl sites for hydroxylation is 1. The first-order chi connectivity index (χ1) is 14.6. The molecule has 1 heterocycles. The third kappa shape index (κ3) is 4.86. The first-order valence-electron chi connectivity index (χ1n) is 9.55. The van der Waals surface area contributed by atoms with Crippen LogP contribution in [-0.4, -0.2) is 15.7 Å². The van der Waals surface area contributed by atoms with Gasteiger partial charge in [0.2, 0.25) is 5.91 Å². The molecule has 0 aliphatic heterocycles. The summed E-state index contributed by atoms with van der Waals surface area (Å²) in [6.07, 6.45) is 5.30. The second-order valence-electron chi connectivity index (χ2n) is 6.91. The van der Waals surface area contributed by atoms with Crippen molar-refractivity contribution in [3.05, 3.63) is 106 Å². The third-order valence-corrected chi connectivity index (χ3v) is 5.33. The van der Waals surface area contributed by atoms with Crippen LogP contribution in [0.1, 0.15) is 11.1 Å². The summed E-state index contributed by atoms with van der Waals surface area (Å²) in [5.74, 6) is -0.182. The number of aromatic nitrogens is 2. The lowest BCUT2D eigenvalue weighted by Gasteiger charge is -2.02. The standard InChI is InChI=1S/C25H20IN3O/c1-18-7-9-19(10-8-18)25-20(17-29(28-25)23-5-3-2-4-6-23)11-16-24(30)27-22-14-12-21(26)13-15-22/h2-17H,1H3,(H,27,30). The van der Waals surface area contributed by atoms with Crippen molar-refractivity contribution in [3.63, 3.8) is 0 Å². The second-order valence-corrected chi connectivity index (χ2v) is 8.15. The van der Waals surface area contributed by atoms with E-state index in [1.165, 1.54) is 5.56 Å². The Kier molecular flexibility index (Phi) is 6.09. The molecule has 1 N–H and O–H groups in total. The van der Waals surface area contributed by atoms with E-state index in [1.54, 1.807) is 6.08 Å². The molecule has 148 valence electrons. The zero-order valence-corrected chi connectivity index (χ0v) is 18.6. The van der Waals surface area contributed by atoms with Gasteiger partial charge in [-0.1, -0.05) is 48.0 Å². The molecule has 4 aromatic rings. The summed E-state index contributed by atoms with van der Waals surface area (Å²) in [4.78, 5) is 12.4. The smallest absolute Gasteiger partial charge is 0.248 e. The number of rotatable bonds is 5. The largest absolute Gasteiger partial charge is 0.323 e. The molecule has 30 heavy (non-hydrogen) atoms. The third-order valence-electron chi connectivity index (χ3n) is 4.61. The average molecular weight is 505 g/mol. The summed E-state index contributed by atoms with van der Waals surface area (Å²) in [7, 11) is 0. The van der Waals surface area contributed by atoms with Gasteiger partial charge in [-0.2, -0.15) is 5.10 Å². The Morgan fingerprint density at radius 3 is 2.37 bits per heavy atom. The van der Waals surface area contributed by atoms with Gasteiger partial charge in [0, 0.05) is 32.7 Å². The van der Waals surface area contributed by atoms with Gasteiger partial charge in [-0.15, -0.1) is 0 Å². The van der Waals surface area contributed by atoms with Crippen molar-refractivity contribution < 1.29 is 4.79 Å². The van der Waals surface area contributed by atoms with E-state index < -0.39 is 0 Å². The van der Waals surface area contributed by atoms with E-state index in [0.29, 0.717) is 0 Å². The highest BCUT2D eigenvalue weighted by atomic mass is 127. The molecule has 3 aromatic carbocycles. The Bertz CT molecular complexity index is 1180. The Labute approximate surface area is 189 Å². The zero-order chi connectivity index (χ0) is 20.9. The van der Waals surface area contributed by atoms with E-state index in [9.17, 15) is 4.79 Å². The van der Waals surface area contributed by atoms with Crippen LogP contribution in [0, 0.1) is 10.5 Å². The summed E-state index contributed by atoms with van der Waals surface area (Å²) >= 11 is 2.24. The maximum atomic E-state index is 12.4. The molecule has 4 rings (SSSR count). The van der Waals surface area contributed by atoms with Gasteiger partial charge in [-0.3, -0.25) is 4.79 Å². The maximum Gasteiger partial charge on any atom is 0.248 e. The number of hydrogen-bond acceptors (Lipinski definition) is 2. The lowest BCUT2D eigenvalue weighted by Crippen LogP contribution is -2.07. The minimum Gasteiger partial charge on any atom is -0.323 e. The Hall–Kier alpha value is -3.19. The fourth-order valence-corrected chi connectivity index (χ4v) is 3.40. The van der Waals surface area contributed by atoms with Crippen molar-refractivity contribution in [3.8, 4) is 16.9 Å². The minimum atomic E-state index is -0.182. The van der Waals surface area contributed by atoms with Gasteiger partial charge >= 0.3 is 0 Å². The number of benzene rings is 3. The number of carbonyl (C=O) groups is 1. The minimum absolute atomic E-state index is 0.182. The van der Waals surface area contributed by atoms with Crippen LogP contribution in [0.4, 0.5) is 5.69 Å². The molecule has 5 heteroatoms. The average Bonchev–Trinajstić information content (AvgIpc) is 3.19. The Balaban J connectivity index is 1.64. The molecule has 4 nitrogen and oxygen atoms in total. The molecule has 1 aromatic heterocycles. The molecule has 0 radical (unpaired) electrons. The molecule has 0 bridgehead atoms. The van der Waals surface area contributed by atoms with E-state index in [1.807, 2.05) is 71.6 Å². The predicted molar refractivity (Wildman–Crippen MR) is 131 cm³/mol. The van der Waals surface area contributed by atoms with Crippen molar-refractivity contribution in [2.75, 3.05) is 5.32 Å². The number of nitrogens with zero attached hydrogens (tertiary/aromatic N) is 2.